The maximum absolute atomic E-state index is 10.4. The van der Waals surface area contributed by atoms with Gasteiger partial charge in [-0.05, 0) is 42.7 Å². The van der Waals surface area contributed by atoms with Gasteiger partial charge >= 0.3 is 0 Å². The fourth-order valence-electron chi connectivity index (χ4n) is 2.82. The lowest BCUT2D eigenvalue weighted by molar-refractivity contribution is -0.0999. The Morgan fingerprint density at radius 3 is 2.21 bits per heavy atom. The van der Waals surface area contributed by atoms with Gasteiger partial charge in [0.2, 0.25) is 0 Å². The molecule has 2 unspecified atom stereocenters. The molecule has 106 valence electrons. The molecule has 1 aliphatic rings. The molecule has 0 aromatic heterocycles. The molecule has 2 rings (SSSR count). The molecule has 0 heterocycles. The van der Waals surface area contributed by atoms with Crippen LogP contribution in [0.4, 0.5) is 0 Å². The minimum atomic E-state index is -0.411. The van der Waals surface area contributed by atoms with Crippen molar-refractivity contribution in [1.82, 2.24) is 0 Å². The fourth-order valence-corrected chi connectivity index (χ4v) is 2.82. The Labute approximate surface area is 116 Å². The number of ether oxygens (including phenoxy) is 1. The molecule has 1 fully saturated rings. The second-order valence-electron chi connectivity index (χ2n) is 5.94. The van der Waals surface area contributed by atoms with Gasteiger partial charge in [-0.3, -0.25) is 0 Å². The van der Waals surface area contributed by atoms with Crippen molar-refractivity contribution in [2.75, 3.05) is 7.11 Å². The average Bonchev–Trinajstić information content (AvgIpc) is 2.42. The predicted molar refractivity (Wildman–Crippen MR) is 78.3 cm³/mol. The maximum Gasteiger partial charge on any atom is 0.0817 e. The number of benzene rings is 1. The fraction of sp³-hybridized carbons (Fsp3) is 0.647. The van der Waals surface area contributed by atoms with E-state index in [-0.39, 0.29) is 5.60 Å². The molecular formula is C17H26O2. The van der Waals surface area contributed by atoms with E-state index in [9.17, 15) is 5.11 Å². The monoisotopic (exact) mass is 262 g/mol. The van der Waals surface area contributed by atoms with Crippen molar-refractivity contribution < 1.29 is 9.84 Å². The molecule has 0 saturated heterocycles. The molecule has 0 radical (unpaired) electrons. The van der Waals surface area contributed by atoms with E-state index in [4.69, 9.17) is 4.74 Å². The van der Waals surface area contributed by atoms with Gasteiger partial charge in [0, 0.05) is 13.5 Å². The predicted octanol–water partition coefficient (Wildman–Crippen LogP) is 4.19. The van der Waals surface area contributed by atoms with Gasteiger partial charge in [0.05, 0.1) is 11.7 Å². The third kappa shape index (κ3) is 3.18. The highest BCUT2D eigenvalue weighted by Crippen LogP contribution is 2.41. The number of aliphatic hydroxyl groups excluding tert-OH is 1. The minimum Gasteiger partial charge on any atom is -0.388 e. The lowest BCUT2D eigenvalue weighted by Crippen LogP contribution is -2.40. The van der Waals surface area contributed by atoms with Gasteiger partial charge in [0.1, 0.15) is 0 Å². The molecule has 0 spiro atoms. The first-order chi connectivity index (χ1) is 9.10. The number of hydrogen-bond donors (Lipinski definition) is 1. The van der Waals surface area contributed by atoms with Crippen molar-refractivity contribution in [3.63, 3.8) is 0 Å². The SMILES string of the molecule is CCC(C)c1ccc(C(O)CC2(OC)CCC2)cc1. The highest BCUT2D eigenvalue weighted by atomic mass is 16.5. The number of hydrogen-bond acceptors (Lipinski definition) is 2. The van der Waals surface area contributed by atoms with E-state index >= 15 is 0 Å². The van der Waals surface area contributed by atoms with Gasteiger partial charge in [-0.15, -0.1) is 0 Å². The van der Waals surface area contributed by atoms with Crippen molar-refractivity contribution in [3.8, 4) is 0 Å². The zero-order valence-corrected chi connectivity index (χ0v) is 12.4. The standard InChI is InChI=1S/C17H26O2/c1-4-13(2)14-6-8-15(9-7-14)16(18)12-17(19-3)10-5-11-17/h6-9,13,16,18H,4-5,10-12H2,1-3H3. The molecule has 1 N–H and O–H groups in total. The summed E-state index contributed by atoms with van der Waals surface area (Å²) in [6.45, 7) is 4.44. The van der Waals surface area contributed by atoms with Crippen LogP contribution < -0.4 is 0 Å². The van der Waals surface area contributed by atoms with E-state index in [1.54, 1.807) is 7.11 Å². The quantitative estimate of drug-likeness (QED) is 0.833. The summed E-state index contributed by atoms with van der Waals surface area (Å²) in [4.78, 5) is 0. The third-order valence-electron chi connectivity index (χ3n) is 4.77. The highest BCUT2D eigenvalue weighted by Gasteiger charge is 2.38. The molecule has 1 aliphatic carbocycles. The van der Waals surface area contributed by atoms with Crippen LogP contribution in [0.1, 0.15) is 69.1 Å². The van der Waals surface area contributed by atoms with Crippen molar-refractivity contribution in [3.05, 3.63) is 35.4 Å². The van der Waals surface area contributed by atoms with Crippen molar-refractivity contribution >= 4 is 0 Å². The maximum atomic E-state index is 10.4. The van der Waals surface area contributed by atoms with Crippen LogP contribution in [0.25, 0.3) is 0 Å². The molecule has 19 heavy (non-hydrogen) atoms. The molecule has 0 amide bonds. The summed E-state index contributed by atoms with van der Waals surface area (Å²) in [5.41, 5.74) is 2.29. The van der Waals surface area contributed by atoms with Crippen LogP contribution in [-0.2, 0) is 4.74 Å². The first-order valence-electron chi connectivity index (χ1n) is 7.43. The van der Waals surface area contributed by atoms with E-state index in [1.807, 2.05) is 0 Å². The van der Waals surface area contributed by atoms with E-state index in [0.29, 0.717) is 12.3 Å². The Bertz CT molecular complexity index is 387. The van der Waals surface area contributed by atoms with E-state index in [1.165, 1.54) is 12.0 Å². The largest absolute Gasteiger partial charge is 0.388 e. The minimum absolute atomic E-state index is 0.0746. The lowest BCUT2D eigenvalue weighted by Gasteiger charge is -2.41. The second kappa shape index (κ2) is 6.06. The smallest absolute Gasteiger partial charge is 0.0817 e. The summed E-state index contributed by atoms with van der Waals surface area (Å²) >= 11 is 0. The van der Waals surface area contributed by atoms with Crippen molar-refractivity contribution in [2.45, 2.75) is 63.6 Å². The van der Waals surface area contributed by atoms with Gasteiger partial charge < -0.3 is 9.84 Å². The van der Waals surface area contributed by atoms with Crippen molar-refractivity contribution in [2.24, 2.45) is 0 Å². The Kier molecular flexibility index (Phi) is 4.64. The van der Waals surface area contributed by atoms with Gasteiger partial charge in [0.15, 0.2) is 0 Å². The van der Waals surface area contributed by atoms with E-state index < -0.39 is 6.10 Å². The molecule has 0 aliphatic heterocycles. The third-order valence-corrected chi connectivity index (χ3v) is 4.77. The molecule has 1 saturated carbocycles. The van der Waals surface area contributed by atoms with Crippen LogP contribution in [0, 0.1) is 0 Å². The summed E-state index contributed by atoms with van der Waals surface area (Å²) in [6, 6.07) is 8.42. The van der Waals surface area contributed by atoms with Crippen LogP contribution in [0.2, 0.25) is 0 Å². The zero-order chi connectivity index (χ0) is 13.9. The number of aliphatic hydroxyl groups is 1. The topological polar surface area (TPSA) is 29.5 Å². The van der Waals surface area contributed by atoms with Gasteiger partial charge in [0.25, 0.3) is 0 Å². The van der Waals surface area contributed by atoms with Crippen LogP contribution in [0.5, 0.6) is 0 Å². The van der Waals surface area contributed by atoms with Crippen LogP contribution in [0.15, 0.2) is 24.3 Å². The van der Waals surface area contributed by atoms with Crippen molar-refractivity contribution in [1.29, 1.82) is 0 Å². The average molecular weight is 262 g/mol. The molecule has 2 atom stereocenters. The summed E-state index contributed by atoms with van der Waals surface area (Å²) in [5.74, 6) is 0.586. The molecule has 2 nitrogen and oxygen atoms in total. The molecule has 1 aromatic rings. The van der Waals surface area contributed by atoms with E-state index in [0.717, 1.165) is 24.8 Å². The lowest BCUT2D eigenvalue weighted by atomic mass is 9.75. The van der Waals surface area contributed by atoms with E-state index in [2.05, 4.69) is 38.1 Å². The Morgan fingerprint density at radius 1 is 1.21 bits per heavy atom. The molecule has 0 bridgehead atoms. The second-order valence-corrected chi connectivity index (χ2v) is 5.94. The van der Waals surface area contributed by atoms with Gasteiger partial charge in [-0.2, -0.15) is 0 Å². The Hall–Kier alpha value is -0.860. The molecule has 2 heteroatoms. The Morgan fingerprint density at radius 2 is 1.79 bits per heavy atom. The number of rotatable bonds is 6. The van der Waals surface area contributed by atoms with Crippen LogP contribution >= 0.6 is 0 Å². The normalized spacial score (nSPS) is 20.6. The van der Waals surface area contributed by atoms with Gasteiger partial charge in [-0.1, -0.05) is 38.1 Å². The van der Waals surface area contributed by atoms with Crippen LogP contribution in [-0.4, -0.2) is 17.8 Å². The van der Waals surface area contributed by atoms with Gasteiger partial charge in [-0.25, -0.2) is 0 Å². The Balaban J connectivity index is 2.01. The molecular weight excluding hydrogens is 236 g/mol. The molecule has 1 aromatic carbocycles. The first-order valence-corrected chi connectivity index (χ1v) is 7.43. The van der Waals surface area contributed by atoms with Crippen LogP contribution in [0.3, 0.4) is 0 Å². The highest BCUT2D eigenvalue weighted by molar-refractivity contribution is 5.26. The summed E-state index contributed by atoms with van der Waals surface area (Å²) < 4.78 is 5.59. The summed E-state index contributed by atoms with van der Waals surface area (Å²) in [6.07, 6.45) is 4.82. The first kappa shape index (κ1) is 14.5. The number of methoxy groups -OCH3 is 1. The zero-order valence-electron chi connectivity index (χ0n) is 12.4. The summed E-state index contributed by atoms with van der Waals surface area (Å²) in [5, 5.41) is 10.4. The summed E-state index contributed by atoms with van der Waals surface area (Å²) in [7, 11) is 1.76.